The number of esters is 1. The lowest BCUT2D eigenvalue weighted by Gasteiger charge is -2.19. The third-order valence-corrected chi connectivity index (χ3v) is 4.84. The summed E-state index contributed by atoms with van der Waals surface area (Å²) in [4.78, 5) is 24.2. The highest BCUT2D eigenvalue weighted by molar-refractivity contribution is 5.94. The van der Waals surface area contributed by atoms with E-state index in [9.17, 15) is 9.59 Å². The molecular weight excluding hydrogens is 308 g/mol. The van der Waals surface area contributed by atoms with Gasteiger partial charge in [-0.1, -0.05) is 6.07 Å². The van der Waals surface area contributed by atoms with Gasteiger partial charge < -0.3 is 20.1 Å². The smallest absolute Gasteiger partial charge is 0.330 e. The molecule has 2 aliphatic carbocycles. The fourth-order valence-electron chi connectivity index (χ4n) is 3.75. The highest BCUT2D eigenvalue weighted by atomic mass is 16.5. The topological polar surface area (TPSA) is 76.7 Å². The quantitative estimate of drug-likeness (QED) is 0.808. The van der Waals surface area contributed by atoms with E-state index in [1.54, 1.807) is 0 Å². The largest absolute Gasteiger partial charge is 0.467 e. The van der Waals surface area contributed by atoms with Gasteiger partial charge in [0.2, 0.25) is 0 Å². The summed E-state index contributed by atoms with van der Waals surface area (Å²) in [5.41, 5.74) is 6.18. The number of ether oxygens (including phenoxy) is 2. The minimum atomic E-state index is -0.815. The Hall–Kier alpha value is -2.08. The van der Waals surface area contributed by atoms with Crippen LogP contribution in [0.3, 0.4) is 0 Å². The molecule has 1 aromatic rings. The Labute approximate surface area is 141 Å². The van der Waals surface area contributed by atoms with Gasteiger partial charge in [0.25, 0.3) is 0 Å². The molecule has 0 aliphatic heterocycles. The molecule has 6 heteroatoms. The first-order chi connectivity index (χ1) is 11.6. The van der Waals surface area contributed by atoms with Gasteiger partial charge in [0, 0.05) is 12.8 Å². The highest BCUT2D eigenvalue weighted by Crippen LogP contribution is 2.38. The number of methoxy groups -OCH3 is 2. The molecule has 0 spiro atoms. The average Bonchev–Trinajstić information content (AvgIpc) is 3.22. The molecule has 1 atom stereocenters. The summed E-state index contributed by atoms with van der Waals surface area (Å²) >= 11 is 0. The molecule has 2 N–H and O–H groups in total. The lowest BCUT2D eigenvalue weighted by atomic mass is 9.99. The second kappa shape index (κ2) is 7.21. The van der Waals surface area contributed by atoms with E-state index < -0.39 is 18.0 Å². The van der Waals surface area contributed by atoms with E-state index in [0.717, 1.165) is 44.2 Å². The summed E-state index contributed by atoms with van der Waals surface area (Å²) in [6.45, 7) is 0.0745. The van der Waals surface area contributed by atoms with E-state index in [0.29, 0.717) is 0 Å². The second-order valence-electron chi connectivity index (χ2n) is 6.36. The minimum absolute atomic E-state index is 0.0745. The fraction of sp³-hybridized carbons (Fsp3) is 0.556. The molecule has 24 heavy (non-hydrogen) atoms. The van der Waals surface area contributed by atoms with Crippen LogP contribution in [0.25, 0.3) is 0 Å². The molecule has 0 unspecified atom stereocenters. The van der Waals surface area contributed by atoms with Crippen LogP contribution in [0, 0.1) is 0 Å². The van der Waals surface area contributed by atoms with Gasteiger partial charge in [-0.3, -0.25) is 0 Å². The maximum absolute atomic E-state index is 12.4. The van der Waals surface area contributed by atoms with Crippen LogP contribution in [0.4, 0.5) is 10.5 Å². The predicted octanol–water partition coefficient (Wildman–Crippen LogP) is 1.97. The number of nitrogens with one attached hydrogen (secondary N) is 2. The van der Waals surface area contributed by atoms with E-state index in [1.165, 1.54) is 36.5 Å². The molecular formula is C18H24N2O4. The molecule has 2 aliphatic rings. The molecule has 0 saturated heterocycles. The van der Waals surface area contributed by atoms with Gasteiger partial charge in [-0.2, -0.15) is 0 Å². The van der Waals surface area contributed by atoms with Crippen LogP contribution in [0.2, 0.25) is 0 Å². The number of rotatable bonds is 5. The van der Waals surface area contributed by atoms with Gasteiger partial charge in [0.05, 0.1) is 13.7 Å². The Morgan fingerprint density at radius 1 is 1.08 bits per heavy atom. The second-order valence-corrected chi connectivity index (χ2v) is 6.36. The van der Waals surface area contributed by atoms with Crippen molar-refractivity contribution < 1.29 is 19.1 Å². The number of hydrogen-bond donors (Lipinski definition) is 2. The maximum atomic E-state index is 12.4. The van der Waals surface area contributed by atoms with Crippen molar-refractivity contribution in [2.45, 2.75) is 44.6 Å². The Morgan fingerprint density at radius 3 is 2.25 bits per heavy atom. The van der Waals surface area contributed by atoms with Crippen molar-refractivity contribution in [2.75, 3.05) is 26.1 Å². The molecule has 0 bridgehead atoms. The van der Waals surface area contributed by atoms with Crippen LogP contribution in [-0.2, 0) is 40.0 Å². The molecule has 6 nitrogen and oxygen atoms in total. The third kappa shape index (κ3) is 3.24. The zero-order valence-electron chi connectivity index (χ0n) is 14.2. The summed E-state index contributed by atoms with van der Waals surface area (Å²) in [7, 11) is 2.77. The molecule has 2 amide bonds. The first-order valence-corrected chi connectivity index (χ1v) is 8.44. The molecule has 130 valence electrons. The number of carbonyl (C=O) groups excluding carboxylic acids is 2. The molecule has 0 heterocycles. The molecule has 0 radical (unpaired) electrons. The van der Waals surface area contributed by atoms with Crippen molar-refractivity contribution >= 4 is 17.7 Å². The first-order valence-electron chi connectivity index (χ1n) is 8.44. The van der Waals surface area contributed by atoms with Crippen molar-refractivity contribution in [3.8, 4) is 0 Å². The Kier molecular flexibility index (Phi) is 5.04. The van der Waals surface area contributed by atoms with E-state index >= 15 is 0 Å². The molecule has 0 fully saturated rings. The number of amides is 2. The Balaban J connectivity index is 1.79. The Morgan fingerprint density at radius 2 is 1.71 bits per heavy atom. The molecule has 0 aromatic heterocycles. The predicted molar refractivity (Wildman–Crippen MR) is 90.3 cm³/mol. The highest BCUT2D eigenvalue weighted by Gasteiger charge is 2.26. The third-order valence-electron chi connectivity index (χ3n) is 4.84. The number of aryl methyl sites for hydroxylation is 2. The van der Waals surface area contributed by atoms with Crippen molar-refractivity contribution in [3.63, 3.8) is 0 Å². The molecule has 3 rings (SSSR count). The minimum Gasteiger partial charge on any atom is -0.467 e. The van der Waals surface area contributed by atoms with Crippen LogP contribution in [-0.4, -0.2) is 38.9 Å². The number of carbonyl (C=O) groups is 2. The van der Waals surface area contributed by atoms with Crippen LogP contribution in [0.1, 0.15) is 35.1 Å². The van der Waals surface area contributed by atoms with Crippen LogP contribution in [0.15, 0.2) is 6.07 Å². The van der Waals surface area contributed by atoms with Gasteiger partial charge in [-0.15, -0.1) is 0 Å². The fourth-order valence-corrected chi connectivity index (χ4v) is 3.75. The average molecular weight is 332 g/mol. The number of hydrogen-bond acceptors (Lipinski definition) is 4. The van der Waals surface area contributed by atoms with Crippen molar-refractivity contribution in [1.29, 1.82) is 0 Å². The SMILES string of the molecule is COC[C@@H](NC(=O)Nc1c2c(cc3c1CCC3)CCC2)C(=O)OC. The van der Waals surface area contributed by atoms with Crippen LogP contribution in [0.5, 0.6) is 0 Å². The summed E-state index contributed by atoms with van der Waals surface area (Å²) in [6, 6.07) is 1.11. The summed E-state index contributed by atoms with van der Waals surface area (Å²) in [5, 5.41) is 5.65. The van der Waals surface area contributed by atoms with Gasteiger partial charge in [0.15, 0.2) is 6.04 Å². The number of anilines is 1. The summed E-state index contributed by atoms with van der Waals surface area (Å²) in [6.07, 6.45) is 6.40. The van der Waals surface area contributed by atoms with E-state index in [4.69, 9.17) is 9.47 Å². The molecule has 0 saturated carbocycles. The zero-order chi connectivity index (χ0) is 17.1. The van der Waals surface area contributed by atoms with E-state index in [2.05, 4.69) is 16.7 Å². The van der Waals surface area contributed by atoms with Gasteiger partial charge in [0.1, 0.15) is 0 Å². The van der Waals surface area contributed by atoms with E-state index in [-0.39, 0.29) is 6.61 Å². The normalized spacial score (nSPS) is 16.2. The number of urea groups is 1. The van der Waals surface area contributed by atoms with Crippen molar-refractivity contribution in [1.82, 2.24) is 5.32 Å². The van der Waals surface area contributed by atoms with Gasteiger partial charge in [-0.25, -0.2) is 9.59 Å². The lowest BCUT2D eigenvalue weighted by molar-refractivity contribution is -0.144. The zero-order valence-corrected chi connectivity index (χ0v) is 14.2. The molecule has 1 aromatic carbocycles. The summed E-state index contributed by atoms with van der Waals surface area (Å²) < 4.78 is 9.69. The van der Waals surface area contributed by atoms with Gasteiger partial charge >= 0.3 is 12.0 Å². The number of benzene rings is 1. The number of fused-ring (bicyclic) bond motifs is 2. The van der Waals surface area contributed by atoms with Crippen LogP contribution >= 0.6 is 0 Å². The van der Waals surface area contributed by atoms with Crippen LogP contribution < -0.4 is 10.6 Å². The van der Waals surface area contributed by atoms with Crippen molar-refractivity contribution in [2.24, 2.45) is 0 Å². The first kappa shape index (κ1) is 16.8. The monoisotopic (exact) mass is 332 g/mol. The Bertz CT molecular complexity index is 625. The lowest BCUT2D eigenvalue weighted by Crippen LogP contribution is -2.46. The standard InChI is InChI=1S/C18H24N2O4/c1-23-10-15(17(21)24-2)19-18(22)20-16-13-7-3-5-11(13)9-12-6-4-8-14(12)16/h9,15H,3-8,10H2,1-2H3,(H2,19,20,22)/t15-/m1/s1. The van der Waals surface area contributed by atoms with E-state index in [1.807, 2.05) is 0 Å². The van der Waals surface area contributed by atoms with Gasteiger partial charge in [-0.05, 0) is 60.8 Å². The van der Waals surface area contributed by atoms with Crippen molar-refractivity contribution in [3.05, 3.63) is 28.3 Å². The maximum Gasteiger partial charge on any atom is 0.330 e. The summed E-state index contributed by atoms with van der Waals surface area (Å²) in [5.74, 6) is -0.518.